The first-order valence-electron chi connectivity index (χ1n) is 15.7. The molecule has 234 valence electrons. The number of aromatic nitrogens is 1. The molecule has 1 unspecified atom stereocenters. The van der Waals surface area contributed by atoms with Crippen LogP contribution in [-0.4, -0.2) is 48.0 Å². The highest BCUT2D eigenvalue weighted by molar-refractivity contribution is 5.93. The van der Waals surface area contributed by atoms with Crippen molar-refractivity contribution in [2.45, 2.75) is 78.4 Å². The maximum atomic E-state index is 10.7. The fourth-order valence-electron chi connectivity index (χ4n) is 5.34. The predicted octanol–water partition coefficient (Wildman–Crippen LogP) is 6.84. The van der Waals surface area contributed by atoms with Gasteiger partial charge in [0.25, 0.3) is 0 Å². The quantitative estimate of drug-likeness (QED) is 0.276. The lowest BCUT2D eigenvalue weighted by Gasteiger charge is -2.31. The van der Waals surface area contributed by atoms with Crippen molar-refractivity contribution in [1.29, 1.82) is 5.26 Å². The second-order valence-corrected chi connectivity index (χ2v) is 11.9. The van der Waals surface area contributed by atoms with Gasteiger partial charge < -0.3 is 15.8 Å². The number of hydrogen-bond acceptors (Lipinski definition) is 6. The van der Waals surface area contributed by atoms with Crippen molar-refractivity contribution in [2.24, 2.45) is 5.73 Å². The summed E-state index contributed by atoms with van der Waals surface area (Å²) in [7, 11) is 0. The highest BCUT2D eigenvalue weighted by atomic mass is 16.5. The molecule has 0 bridgehead atoms. The van der Waals surface area contributed by atoms with Gasteiger partial charge in [-0.25, -0.2) is 4.98 Å². The summed E-state index contributed by atoms with van der Waals surface area (Å²) in [6.07, 6.45) is 6.34. The molecule has 2 saturated heterocycles. The van der Waals surface area contributed by atoms with Crippen LogP contribution >= 0.6 is 0 Å². The van der Waals surface area contributed by atoms with Crippen LogP contribution in [0.15, 0.2) is 72.8 Å². The van der Waals surface area contributed by atoms with Crippen molar-refractivity contribution in [3.05, 3.63) is 106 Å². The van der Waals surface area contributed by atoms with Gasteiger partial charge in [0.05, 0.1) is 11.6 Å². The lowest BCUT2D eigenvalue weighted by Crippen LogP contribution is -2.34. The summed E-state index contributed by atoms with van der Waals surface area (Å²) in [5, 5.41) is 12.3. The number of hydrogen-bond donors (Lipinski definition) is 2. The Morgan fingerprint density at radius 3 is 2.36 bits per heavy atom. The van der Waals surface area contributed by atoms with Crippen LogP contribution in [0.5, 0.6) is 5.88 Å². The van der Waals surface area contributed by atoms with Gasteiger partial charge in [0.2, 0.25) is 11.8 Å². The Morgan fingerprint density at radius 2 is 1.82 bits per heavy atom. The first kappa shape index (κ1) is 34.5. The molecule has 0 saturated carbocycles. The van der Waals surface area contributed by atoms with Crippen molar-refractivity contribution in [2.75, 3.05) is 26.2 Å². The Bertz CT molecular complexity index is 1380. The summed E-state index contributed by atoms with van der Waals surface area (Å²) in [6, 6.07) is 21.9. The van der Waals surface area contributed by atoms with Crippen molar-refractivity contribution >= 4 is 5.91 Å². The molecule has 3 heterocycles. The summed E-state index contributed by atoms with van der Waals surface area (Å²) >= 11 is 0. The number of nitrogens with two attached hydrogens (primary N) is 1. The van der Waals surface area contributed by atoms with E-state index in [1.165, 1.54) is 36.9 Å². The van der Waals surface area contributed by atoms with E-state index in [0.29, 0.717) is 29.5 Å². The molecule has 1 atom stereocenters. The zero-order valence-electron chi connectivity index (χ0n) is 26.9. The van der Waals surface area contributed by atoms with Crippen molar-refractivity contribution in [3.63, 3.8) is 0 Å². The van der Waals surface area contributed by atoms with Crippen LogP contribution in [0.4, 0.5) is 0 Å². The number of carbonyl (C=O) groups excluding carboxylic acids is 1. The van der Waals surface area contributed by atoms with Gasteiger partial charge >= 0.3 is 0 Å². The molecule has 7 nitrogen and oxygen atoms in total. The number of carbonyl (C=O) groups is 1. The van der Waals surface area contributed by atoms with E-state index >= 15 is 0 Å². The van der Waals surface area contributed by atoms with Crippen LogP contribution in [0, 0.1) is 25.2 Å². The Kier molecular flexibility index (Phi) is 14.1. The van der Waals surface area contributed by atoms with Gasteiger partial charge in [-0.15, -0.1) is 0 Å². The number of aryl methyl sites for hydroxylation is 2. The number of piperidine rings is 1. The summed E-state index contributed by atoms with van der Waals surface area (Å²) in [4.78, 5) is 17.9. The van der Waals surface area contributed by atoms with Crippen LogP contribution in [0.1, 0.15) is 90.2 Å². The van der Waals surface area contributed by atoms with Gasteiger partial charge in [0, 0.05) is 35.8 Å². The van der Waals surface area contributed by atoms with Gasteiger partial charge in [-0.05, 0) is 120 Å². The number of primary amides is 1. The Labute approximate surface area is 264 Å². The monoisotopic (exact) mass is 595 g/mol. The van der Waals surface area contributed by atoms with Gasteiger partial charge in [-0.2, -0.15) is 5.26 Å². The van der Waals surface area contributed by atoms with Crippen LogP contribution < -0.4 is 15.8 Å². The van der Waals surface area contributed by atoms with Gasteiger partial charge in [-0.3, -0.25) is 9.69 Å². The summed E-state index contributed by atoms with van der Waals surface area (Å²) in [5.74, 6) is 0.791. The lowest BCUT2D eigenvalue weighted by atomic mass is 9.93. The van der Waals surface area contributed by atoms with Crippen LogP contribution in [0.3, 0.4) is 0 Å². The number of rotatable bonds is 8. The van der Waals surface area contributed by atoms with E-state index in [0.717, 1.165) is 55.3 Å². The number of nitriles is 1. The van der Waals surface area contributed by atoms with Crippen LogP contribution in [-0.2, 0) is 6.61 Å². The Morgan fingerprint density at radius 1 is 1.09 bits per heavy atom. The second kappa shape index (κ2) is 18.0. The molecule has 1 amide bonds. The topological polar surface area (TPSA) is 104 Å². The van der Waals surface area contributed by atoms with E-state index in [-0.39, 0.29) is 5.91 Å². The van der Waals surface area contributed by atoms with Crippen molar-refractivity contribution in [3.8, 4) is 11.9 Å². The van der Waals surface area contributed by atoms with Crippen molar-refractivity contribution in [1.82, 2.24) is 15.2 Å². The second-order valence-electron chi connectivity index (χ2n) is 11.9. The number of pyridine rings is 1. The minimum atomic E-state index is -0.367. The van der Waals surface area contributed by atoms with Crippen LogP contribution in [0.2, 0.25) is 0 Å². The molecule has 0 aliphatic carbocycles. The molecule has 3 aromatic rings. The molecular formula is C37H49N5O2. The maximum absolute atomic E-state index is 10.7. The minimum absolute atomic E-state index is 0.367. The third-order valence-electron chi connectivity index (χ3n) is 8.16. The lowest BCUT2D eigenvalue weighted by molar-refractivity contribution is 0.1000. The third kappa shape index (κ3) is 11.6. The molecule has 7 heteroatoms. The number of nitrogens with one attached hydrogen (secondary N) is 1. The zero-order chi connectivity index (χ0) is 31.9. The van der Waals surface area contributed by atoms with E-state index in [9.17, 15) is 4.79 Å². The summed E-state index contributed by atoms with van der Waals surface area (Å²) < 4.78 is 5.85. The first-order valence-corrected chi connectivity index (χ1v) is 15.7. The molecule has 0 radical (unpaired) electrons. The molecule has 44 heavy (non-hydrogen) atoms. The third-order valence-corrected chi connectivity index (χ3v) is 8.16. The predicted molar refractivity (Wildman–Crippen MR) is 179 cm³/mol. The molecule has 0 spiro atoms. The smallest absolute Gasteiger partial charge is 0.248 e. The van der Waals surface area contributed by atoms with E-state index in [1.54, 1.807) is 24.3 Å². The van der Waals surface area contributed by atoms with Gasteiger partial charge in [0.1, 0.15) is 6.61 Å². The average molecular weight is 596 g/mol. The fraction of sp³-hybridized carbons (Fsp3) is 0.432. The maximum Gasteiger partial charge on any atom is 0.248 e. The molecule has 3 N–H and O–H groups in total. The number of amides is 1. The standard InChI is InChI=1S/C22H25N3O.C9H11NO.C6H13N/c1-17(2)15-25-12-10-20(11-13-25)21-4-3-5-22(24-21)26-16-19-8-6-18(14-23)7-9-19;1-6-3-4-8(9(10)11)5-7(6)2;1-2-6-4-3-5-7-6/h3-9,20H,1,10-13,15-16H2,2H3;3-5H,1-2H3,(H2,10,11);6-7H,2-5H2,1H3. The minimum Gasteiger partial charge on any atom is -0.473 e. The van der Waals surface area contributed by atoms with E-state index < -0.39 is 0 Å². The number of ether oxygens (including phenoxy) is 1. The molecule has 5 rings (SSSR count). The molecular weight excluding hydrogens is 546 g/mol. The van der Waals surface area contributed by atoms with E-state index in [2.05, 4.69) is 42.8 Å². The highest BCUT2D eigenvalue weighted by Gasteiger charge is 2.21. The molecule has 1 aromatic heterocycles. The Balaban J connectivity index is 0.000000239. The number of nitrogens with zero attached hydrogens (tertiary/aromatic N) is 3. The number of likely N-dealkylation sites (tertiary alicyclic amines) is 1. The fourth-order valence-corrected chi connectivity index (χ4v) is 5.34. The van der Waals surface area contributed by atoms with E-state index in [1.807, 2.05) is 44.2 Å². The first-order chi connectivity index (χ1) is 21.2. The molecule has 2 aliphatic rings. The number of benzene rings is 2. The highest BCUT2D eigenvalue weighted by Crippen LogP contribution is 2.28. The van der Waals surface area contributed by atoms with E-state index in [4.69, 9.17) is 20.7 Å². The van der Waals surface area contributed by atoms with Gasteiger partial charge in [0.15, 0.2) is 0 Å². The summed E-state index contributed by atoms with van der Waals surface area (Å²) in [6.45, 7) is 17.2. The zero-order valence-corrected chi connectivity index (χ0v) is 26.9. The molecule has 2 aromatic carbocycles. The van der Waals surface area contributed by atoms with Crippen molar-refractivity contribution < 1.29 is 9.53 Å². The molecule has 2 aliphatic heterocycles. The summed E-state index contributed by atoms with van der Waals surface area (Å²) in [5.41, 5.74) is 12.0. The Hall–Kier alpha value is -3.99. The average Bonchev–Trinajstić information content (AvgIpc) is 3.57. The largest absolute Gasteiger partial charge is 0.473 e. The van der Waals surface area contributed by atoms with Crippen LogP contribution in [0.25, 0.3) is 0 Å². The normalized spacial score (nSPS) is 16.5. The molecule has 2 fully saturated rings. The SMILES string of the molecule is C=C(C)CN1CCC(c2cccc(OCc3ccc(C#N)cc3)n2)CC1.CCC1CCCN1.Cc1ccc(C(N)=O)cc1C. The van der Waals surface area contributed by atoms with Gasteiger partial charge in [-0.1, -0.05) is 43.3 Å².